The number of aryl methyl sites for hydroxylation is 1. The number of benzene rings is 1. The lowest BCUT2D eigenvalue weighted by atomic mass is 9.42. The van der Waals surface area contributed by atoms with Crippen molar-refractivity contribution in [3.05, 3.63) is 54.1 Å². The molecule has 7 rings (SSSR count). The largest absolute Gasteiger partial charge is 0.342 e. The van der Waals surface area contributed by atoms with E-state index in [0.29, 0.717) is 11.9 Å². The summed E-state index contributed by atoms with van der Waals surface area (Å²) < 4.78 is 2.22. The minimum absolute atomic E-state index is 0.100. The minimum atomic E-state index is -0.100. The zero-order valence-corrected chi connectivity index (χ0v) is 18.1. The van der Waals surface area contributed by atoms with Crippen LogP contribution < -0.4 is 0 Å². The van der Waals surface area contributed by atoms with E-state index in [1.165, 1.54) is 30.4 Å². The van der Waals surface area contributed by atoms with Crippen LogP contribution in [0.4, 0.5) is 0 Å². The fraction of sp³-hybridized carbons (Fsp3) is 0.615. The summed E-state index contributed by atoms with van der Waals surface area (Å²) in [5.41, 5.74) is 2.97. The topological polar surface area (TPSA) is 38.1 Å². The van der Waals surface area contributed by atoms with Crippen molar-refractivity contribution < 1.29 is 4.79 Å². The smallest absolute Gasteiger partial charge is 0.228 e. The lowest BCUT2D eigenvalue weighted by Crippen LogP contribution is -2.60. The molecule has 158 valence electrons. The first-order valence-electron chi connectivity index (χ1n) is 11.9. The molecule has 1 aromatic heterocycles. The predicted molar refractivity (Wildman–Crippen MR) is 117 cm³/mol. The van der Waals surface area contributed by atoms with Gasteiger partial charge in [-0.1, -0.05) is 29.8 Å². The van der Waals surface area contributed by atoms with Crippen LogP contribution in [-0.2, 0) is 10.2 Å². The molecular formula is C26H33N3O. The number of carbonyl (C=O) groups is 1. The summed E-state index contributed by atoms with van der Waals surface area (Å²) >= 11 is 0. The molecule has 1 saturated heterocycles. The summed E-state index contributed by atoms with van der Waals surface area (Å²) in [5.74, 6) is 1.96. The average molecular weight is 404 g/mol. The highest BCUT2D eigenvalue weighted by Crippen LogP contribution is 2.66. The Hall–Kier alpha value is -2.10. The van der Waals surface area contributed by atoms with E-state index < -0.39 is 0 Å². The normalized spacial score (nSPS) is 35.7. The average Bonchev–Trinajstić information content (AvgIpc) is 3.28. The van der Waals surface area contributed by atoms with Crippen molar-refractivity contribution in [2.75, 3.05) is 13.1 Å². The van der Waals surface area contributed by atoms with Crippen LogP contribution in [0.5, 0.6) is 0 Å². The molecule has 1 aliphatic heterocycles. The quantitative estimate of drug-likeness (QED) is 0.732. The number of nitrogens with zero attached hydrogens (tertiary/aromatic N) is 3. The number of aromatic nitrogens is 2. The van der Waals surface area contributed by atoms with E-state index in [-0.39, 0.29) is 10.8 Å². The van der Waals surface area contributed by atoms with Crippen LogP contribution in [0.2, 0.25) is 0 Å². The fourth-order valence-electron chi connectivity index (χ4n) is 7.95. The fourth-order valence-corrected chi connectivity index (χ4v) is 7.95. The molecule has 1 aromatic carbocycles. The Morgan fingerprint density at radius 1 is 1.03 bits per heavy atom. The lowest BCUT2D eigenvalue weighted by molar-refractivity contribution is -0.161. The summed E-state index contributed by atoms with van der Waals surface area (Å²) in [6, 6.07) is 9.74. The van der Waals surface area contributed by atoms with Gasteiger partial charge in [-0.15, -0.1) is 0 Å². The number of hydrogen-bond donors (Lipinski definition) is 0. The zero-order valence-electron chi connectivity index (χ0n) is 18.1. The number of imidazole rings is 1. The molecule has 0 N–H and O–H groups in total. The van der Waals surface area contributed by atoms with Crippen LogP contribution in [0.3, 0.4) is 0 Å². The minimum Gasteiger partial charge on any atom is -0.342 e. The van der Waals surface area contributed by atoms with Crippen molar-refractivity contribution in [2.24, 2.45) is 17.3 Å². The second-order valence-corrected chi connectivity index (χ2v) is 10.9. The molecule has 5 aliphatic rings. The predicted octanol–water partition coefficient (Wildman–Crippen LogP) is 4.89. The van der Waals surface area contributed by atoms with Gasteiger partial charge in [-0.3, -0.25) is 4.79 Å². The molecule has 0 radical (unpaired) electrons. The number of likely N-dealkylation sites (tertiary alicyclic amines) is 1. The third kappa shape index (κ3) is 2.86. The van der Waals surface area contributed by atoms with Gasteiger partial charge in [0.2, 0.25) is 5.91 Å². The molecule has 2 atom stereocenters. The first-order chi connectivity index (χ1) is 14.6. The van der Waals surface area contributed by atoms with Crippen molar-refractivity contribution in [3.8, 4) is 0 Å². The maximum atomic E-state index is 14.0. The molecule has 30 heavy (non-hydrogen) atoms. The van der Waals surface area contributed by atoms with E-state index in [2.05, 4.69) is 51.8 Å². The summed E-state index contributed by atoms with van der Waals surface area (Å²) in [6.07, 6.45) is 15.2. The summed E-state index contributed by atoms with van der Waals surface area (Å²) in [6.45, 7) is 3.97. The number of rotatable bonds is 3. The first kappa shape index (κ1) is 18.7. The molecule has 4 heteroatoms. The molecule has 1 amide bonds. The van der Waals surface area contributed by atoms with Gasteiger partial charge in [0.1, 0.15) is 0 Å². The Labute approximate surface area is 179 Å². The Kier molecular flexibility index (Phi) is 4.16. The van der Waals surface area contributed by atoms with E-state index in [1.54, 1.807) is 0 Å². The molecule has 0 spiro atoms. The molecule has 5 fully saturated rings. The van der Waals surface area contributed by atoms with Gasteiger partial charge in [0.25, 0.3) is 0 Å². The van der Waals surface area contributed by atoms with Crippen molar-refractivity contribution in [1.82, 2.24) is 14.5 Å². The van der Waals surface area contributed by atoms with E-state index in [9.17, 15) is 4.79 Å². The van der Waals surface area contributed by atoms with Crippen molar-refractivity contribution in [3.63, 3.8) is 0 Å². The van der Waals surface area contributed by atoms with Gasteiger partial charge in [-0.2, -0.15) is 0 Å². The van der Waals surface area contributed by atoms with Gasteiger partial charge >= 0.3 is 0 Å². The molecule has 2 heterocycles. The highest BCUT2D eigenvalue weighted by molar-refractivity contribution is 5.84. The van der Waals surface area contributed by atoms with Crippen LogP contribution in [-0.4, -0.2) is 33.4 Å². The second kappa shape index (κ2) is 6.70. The van der Waals surface area contributed by atoms with Crippen LogP contribution in [0.25, 0.3) is 0 Å². The standard InChI is InChI=1S/C26H33N3O/c1-19-2-4-22(5-3-19)25-13-20-12-21(14-25)16-26(15-20,17-25)24(30)28-9-6-23(7-10-28)29-11-8-27-18-29/h2-5,8,11,18,20-21,23H,6-7,9-10,12-17H2,1H3. The van der Waals surface area contributed by atoms with Crippen molar-refractivity contribution in [1.29, 1.82) is 0 Å². The highest BCUT2D eigenvalue weighted by atomic mass is 16.2. The zero-order chi connectivity index (χ0) is 20.3. The van der Waals surface area contributed by atoms with Crippen LogP contribution in [0.15, 0.2) is 43.0 Å². The third-order valence-electron chi connectivity index (χ3n) is 8.88. The van der Waals surface area contributed by atoms with E-state index >= 15 is 0 Å². The number of hydrogen-bond acceptors (Lipinski definition) is 2. The Bertz CT molecular complexity index is 910. The summed E-state index contributed by atoms with van der Waals surface area (Å²) in [4.78, 5) is 20.4. The summed E-state index contributed by atoms with van der Waals surface area (Å²) in [5, 5.41) is 0. The number of carbonyl (C=O) groups excluding carboxylic acids is 1. The monoisotopic (exact) mass is 403 g/mol. The molecule has 4 aliphatic carbocycles. The van der Waals surface area contributed by atoms with Gasteiger partial charge < -0.3 is 9.47 Å². The van der Waals surface area contributed by atoms with Gasteiger partial charge in [0, 0.05) is 31.5 Å². The molecule has 4 bridgehead atoms. The lowest BCUT2D eigenvalue weighted by Gasteiger charge is -2.62. The third-order valence-corrected chi connectivity index (χ3v) is 8.88. The molecular weight excluding hydrogens is 370 g/mol. The van der Waals surface area contributed by atoms with E-state index in [0.717, 1.165) is 57.0 Å². The van der Waals surface area contributed by atoms with Crippen LogP contribution in [0.1, 0.15) is 68.5 Å². The maximum absolute atomic E-state index is 14.0. The van der Waals surface area contributed by atoms with E-state index in [4.69, 9.17) is 0 Å². The number of piperidine rings is 1. The van der Waals surface area contributed by atoms with Gasteiger partial charge in [-0.25, -0.2) is 4.98 Å². The van der Waals surface area contributed by atoms with Gasteiger partial charge in [0.05, 0.1) is 11.7 Å². The summed E-state index contributed by atoms with van der Waals surface area (Å²) in [7, 11) is 0. The Morgan fingerprint density at radius 2 is 1.73 bits per heavy atom. The van der Waals surface area contributed by atoms with E-state index in [1.807, 2.05) is 12.5 Å². The van der Waals surface area contributed by atoms with Crippen LogP contribution in [0, 0.1) is 24.2 Å². The molecule has 4 nitrogen and oxygen atoms in total. The molecule has 2 unspecified atom stereocenters. The van der Waals surface area contributed by atoms with Gasteiger partial charge in [-0.05, 0) is 81.1 Å². The van der Waals surface area contributed by atoms with Gasteiger partial charge in [0.15, 0.2) is 0 Å². The number of amides is 1. The molecule has 4 saturated carbocycles. The van der Waals surface area contributed by atoms with Crippen molar-refractivity contribution >= 4 is 5.91 Å². The highest BCUT2D eigenvalue weighted by Gasteiger charge is 2.61. The Balaban J connectivity index is 1.24. The SMILES string of the molecule is Cc1ccc(C23CC4CC(CC(C(=O)N5CCC(n6ccnc6)CC5)(C4)C2)C3)cc1. The first-order valence-corrected chi connectivity index (χ1v) is 11.9. The van der Waals surface area contributed by atoms with Crippen LogP contribution >= 0.6 is 0 Å². The second-order valence-electron chi connectivity index (χ2n) is 10.9. The van der Waals surface area contributed by atoms with Crippen molar-refractivity contribution in [2.45, 2.75) is 69.7 Å². The Morgan fingerprint density at radius 3 is 2.37 bits per heavy atom. The maximum Gasteiger partial charge on any atom is 0.228 e. The molecule has 2 aromatic rings.